The van der Waals surface area contributed by atoms with Crippen molar-refractivity contribution in [1.29, 1.82) is 0 Å². The lowest BCUT2D eigenvalue weighted by Gasteiger charge is -2.39. The van der Waals surface area contributed by atoms with Crippen LogP contribution in [-0.4, -0.2) is 40.7 Å². The first-order valence-corrected chi connectivity index (χ1v) is 11.7. The first-order chi connectivity index (χ1) is 16.1. The lowest BCUT2D eigenvalue weighted by molar-refractivity contribution is -0.143. The summed E-state index contributed by atoms with van der Waals surface area (Å²) in [6.07, 6.45) is 0.876. The van der Waals surface area contributed by atoms with Crippen molar-refractivity contribution in [1.82, 2.24) is 10.6 Å². The van der Waals surface area contributed by atoms with Gasteiger partial charge in [0.15, 0.2) is 6.61 Å². The third-order valence-corrected chi connectivity index (χ3v) is 7.57. The predicted octanol–water partition coefficient (Wildman–Crippen LogP) is 3.55. The van der Waals surface area contributed by atoms with Gasteiger partial charge in [0.2, 0.25) is 5.60 Å². The molecule has 3 saturated carbocycles. The molecule has 7 nitrogen and oxygen atoms in total. The van der Waals surface area contributed by atoms with Crippen LogP contribution in [-0.2, 0) is 9.59 Å². The Bertz CT molecular complexity index is 1170. The molecule has 0 spiro atoms. The molecule has 0 saturated heterocycles. The molecular formula is C24H23Cl2FN2O5. The summed E-state index contributed by atoms with van der Waals surface area (Å²) in [5.41, 5.74) is -1.41. The van der Waals surface area contributed by atoms with Crippen LogP contribution in [0.3, 0.4) is 0 Å². The lowest BCUT2D eigenvalue weighted by Crippen LogP contribution is -2.54. The molecule has 2 aromatic rings. The molecular weight excluding hydrogens is 486 g/mol. The summed E-state index contributed by atoms with van der Waals surface area (Å²) in [7, 11) is 0. The van der Waals surface area contributed by atoms with Gasteiger partial charge in [0.25, 0.3) is 11.8 Å². The molecule has 2 bridgehead atoms. The molecule has 3 N–H and O–H groups in total. The van der Waals surface area contributed by atoms with Crippen LogP contribution in [0, 0.1) is 11.7 Å². The maximum absolute atomic E-state index is 13.5. The molecule has 3 aliphatic carbocycles. The Kier molecular flexibility index (Phi) is 5.66. The van der Waals surface area contributed by atoms with Crippen LogP contribution < -0.4 is 20.1 Å². The van der Waals surface area contributed by atoms with Crippen LogP contribution in [0.25, 0.3) is 0 Å². The Balaban J connectivity index is 1.16. The van der Waals surface area contributed by atoms with Gasteiger partial charge in [-0.2, -0.15) is 0 Å². The van der Waals surface area contributed by atoms with Crippen LogP contribution in [0.15, 0.2) is 36.4 Å². The average molecular weight is 509 g/mol. The Morgan fingerprint density at radius 2 is 1.97 bits per heavy atom. The summed E-state index contributed by atoms with van der Waals surface area (Å²) in [6.45, 7) is 1.29. The quantitative estimate of drug-likeness (QED) is 0.554. The molecule has 2 aromatic carbocycles. The molecule has 3 atom stereocenters. The second-order valence-electron chi connectivity index (χ2n) is 9.44. The van der Waals surface area contributed by atoms with Crippen LogP contribution in [0.4, 0.5) is 4.39 Å². The SMILES string of the molecule is C[C@]1(C(=O)NC2CC3(NC(=O)COc4ccc(Cl)c(F)c4)CC2C3)Oc2ccc(Cl)cc2C1O. The number of carbonyl (C=O) groups is 2. The number of amides is 2. The standard InChI is InChI=1S/C24H23Cl2FN2O5/c1-23(21(31)15-6-13(25)2-5-19(15)34-23)22(32)28-18-10-24(8-12(18)9-24)29-20(30)11-33-14-3-4-16(26)17(27)7-14/h2-7,12,18,21,31H,8-11H2,1H3,(H,28,32)(H,29,30)/t12?,18?,21?,23-,24?/m0/s1. The maximum atomic E-state index is 13.5. The van der Waals surface area contributed by atoms with Crippen molar-refractivity contribution in [3.05, 3.63) is 57.8 Å². The summed E-state index contributed by atoms with van der Waals surface area (Å²) in [4.78, 5) is 25.5. The summed E-state index contributed by atoms with van der Waals surface area (Å²) in [5.74, 6) is -0.507. The minimum absolute atomic E-state index is 0.0210. The summed E-state index contributed by atoms with van der Waals surface area (Å²) in [5, 5.41) is 17.2. The fraction of sp³-hybridized carbons (Fsp3) is 0.417. The number of benzene rings is 2. The number of aliphatic hydroxyl groups excluding tert-OH is 1. The minimum Gasteiger partial charge on any atom is -0.484 e. The number of rotatable bonds is 6. The number of carbonyl (C=O) groups excluding carboxylic acids is 2. The normalized spacial score (nSPS) is 30.7. The van der Waals surface area contributed by atoms with E-state index in [1.165, 1.54) is 12.1 Å². The number of halogens is 3. The van der Waals surface area contributed by atoms with Crippen LogP contribution in [0.1, 0.15) is 37.9 Å². The molecule has 1 heterocycles. The zero-order valence-electron chi connectivity index (χ0n) is 18.2. The van der Waals surface area contributed by atoms with Gasteiger partial charge in [0, 0.05) is 28.2 Å². The van der Waals surface area contributed by atoms with Gasteiger partial charge in [-0.25, -0.2) is 4.39 Å². The highest BCUT2D eigenvalue weighted by Crippen LogP contribution is 2.52. The van der Waals surface area contributed by atoms with Gasteiger partial charge in [-0.15, -0.1) is 0 Å². The zero-order chi connectivity index (χ0) is 24.3. The van der Waals surface area contributed by atoms with Crippen LogP contribution >= 0.6 is 23.2 Å². The van der Waals surface area contributed by atoms with E-state index in [1.807, 2.05) is 0 Å². The molecule has 1 aliphatic heterocycles. The second-order valence-corrected chi connectivity index (χ2v) is 10.3. The number of aliphatic hydroxyl groups is 1. The van der Waals surface area contributed by atoms with E-state index < -0.39 is 29.0 Å². The van der Waals surface area contributed by atoms with Gasteiger partial charge in [0.05, 0.1) is 5.02 Å². The van der Waals surface area contributed by atoms with Crippen molar-refractivity contribution < 1.29 is 28.6 Å². The molecule has 2 amide bonds. The third kappa shape index (κ3) is 3.97. The molecule has 0 aromatic heterocycles. The number of hydrogen-bond acceptors (Lipinski definition) is 5. The Morgan fingerprint density at radius 1 is 1.21 bits per heavy atom. The third-order valence-electron chi connectivity index (χ3n) is 7.03. The van der Waals surface area contributed by atoms with Crippen molar-refractivity contribution in [3.8, 4) is 11.5 Å². The minimum atomic E-state index is -1.47. The summed E-state index contributed by atoms with van der Waals surface area (Å²) >= 11 is 11.7. The van der Waals surface area contributed by atoms with E-state index in [1.54, 1.807) is 25.1 Å². The van der Waals surface area contributed by atoms with Gasteiger partial charge in [-0.1, -0.05) is 23.2 Å². The molecule has 34 heavy (non-hydrogen) atoms. The smallest absolute Gasteiger partial charge is 0.267 e. The lowest BCUT2D eigenvalue weighted by atomic mass is 9.76. The van der Waals surface area contributed by atoms with E-state index in [2.05, 4.69) is 10.6 Å². The monoisotopic (exact) mass is 508 g/mol. The predicted molar refractivity (Wildman–Crippen MR) is 122 cm³/mol. The average Bonchev–Trinajstić information content (AvgIpc) is 3.36. The molecule has 2 unspecified atom stereocenters. The van der Waals surface area contributed by atoms with Gasteiger partial charge in [-0.3, -0.25) is 9.59 Å². The molecule has 0 radical (unpaired) electrons. The number of fused-ring (bicyclic) bond motifs is 2. The highest BCUT2D eigenvalue weighted by molar-refractivity contribution is 6.31. The highest BCUT2D eigenvalue weighted by Gasteiger charge is 2.59. The number of hydrogen-bond donors (Lipinski definition) is 3. The largest absolute Gasteiger partial charge is 0.484 e. The van der Waals surface area contributed by atoms with E-state index in [-0.39, 0.29) is 35.2 Å². The van der Waals surface area contributed by atoms with E-state index in [4.69, 9.17) is 32.7 Å². The Labute approximate surface area is 205 Å². The second kappa shape index (κ2) is 8.29. The van der Waals surface area contributed by atoms with E-state index in [9.17, 15) is 19.1 Å². The van der Waals surface area contributed by atoms with Gasteiger partial charge in [0.1, 0.15) is 23.4 Å². The molecule has 180 valence electrons. The number of nitrogens with one attached hydrogen (secondary N) is 2. The van der Waals surface area contributed by atoms with Crippen LogP contribution in [0.2, 0.25) is 10.0 Å². The zero-order valence-corrected chi connectivity index (χ0v) is 19.8. The topological polar surface area (TPSA) is 96.9 Å². The van der Waals surface area contributed by atoms with Crippen molar-refractivity contribution in [2.45, 2.75) is 49.5 Å². The maximum Gasteiger partial charge on any atom is 0.267 e. The summed E-state index contributed by atoms with van der Waals surface area (Å²) in [6, 6.07) is 8.70. The van der Waals surface area contributed by atoms with Crippen molar-refractivity contribution in [2.24, 2.45) is 5.92 Å². The van der Waals surface area contributed by atoms with E-state index in [0.29, 0.717) is 22.8 Å². The molecule has 6 rings (SSSR count). The van der Waals surface area contributed by atoms with Gasteiger partial charge < -0.3 is 25.2 Å². The number of ether oxygens (including phenoxy) is 2. The fourth-order valence-electron chi connectivity index (χ4n) is 5.24. The van der Waals surface area contributed by atoms with E-state index in [0.717, 1.165) is 18.9 Å². The van der Waals surface area contributed by atoms with Gasteiger partial charge in [-0.05, 0) is 62.4 Å². The highest BCUT2D eigenvalue weighted by atomic mass is 35.5. The van der Waals surface area contributed by atoms with Crippen molar-refractivity contribution >= 4 is 35.0 Å². The fourth-order valence-corrected chi connectivity index (χ4v) is 5.54. The summed E-state index contributed by atoms with van der Waals surface area (Å²) < 4.78 is 24.7. The van der Waals surface area contributed by atoms with Gasteiger partial charge >= 0.3 is 0 Å². The molecule has 10 heteroatoms. The van der Waals surface area contributed by atoms with Crippen molar-refractivity contribution in [3.63, 3.8) is 0 Å². The first-order valence-electron chi connectivity index (χ1n) is 10.9. The first kappa shape index (κ1) is 23.2. The Morgan fingerprint density at radius 3 is 2.71 bits per heavy atom. The Hall–Kier alpha value is -2.55. The van der Waals surface area contributed by atoms with Crippen molar-refractivity contribution in [2.75, 3.05) is 6.61 Å². The van der Waals surface area contributed by atoms with E-state index >= 15 is 0 Å². The molecule has 3 fully saturated rings. The van der Waals surface area contributed by atoms with Crippen LogP contribution in [0.5, 0.6) is 11.5 Å². The molecule has 4 aliphatic rings.